The Hall–Kier alpha value is -2.25. The molecule has 1 aliphatic rings. The highest BCUT2D eigenvalue weighted by Gasteiger charge is 2.24. The summed E-state index contributed by atoms with van der Waals surface area (Å²) < 4.78 is 6.28. The largest absolute Gasteiger partial charge is 0.453 e. The van der Waals surface area contributed by atoms with Crippen LogP contribution in [0.4, 0.5) is 15.4 Å². The molecule has 8 nitrogen and oxygen atoms in total. The van der Waals surface area contributed by atoms with Crippen LogP contribution in [0.1, 0.15) is 5.69 Å². The second-order valence-electron chi connectivity index (χ2n) is 4.67. The van der Waals surface area contributed by atoms with Gasteiger partial charge in [0.05, 0.1) is 12.8 Å². The summed E-state index contributed by atoms with van der Waals surface area (Å²) in [5.41, 5.74) is 0.846. The van der Waals surface area contributed by atoms with Gasteiger partial charge in [0.1, 0.15) is 5.82 Å². The Labute approximate surface area is 117 Å². The molecule has 0 bridgehead atoms. The molecule has 0 radical (unpaired) electrons. The van der Waals surface area contributed by atoms with Crippen LogP contribution in [-0.2, 0) is 11.8 Å². The number of anilines is 1. The van der Waals surface area contributed by atoms with Crippen molar-refractivity contribution in [1.29, 1.82) is 0 Å². The molecule has 0 saturated carbocycles. The number of ether oxygens (including phenoxy) is 1. The minimum absolute atomic E-state index is 0.183. The average molecular weight is 281 g/mol. The number of amides is 3. The molecule has 1 aliphatic heterocycles. The predicted molar refractivity (Wildman–Crippen MR) is 72.5 cm³/mol. The van der Waals surface area contributed by atoms with Gasteiger partial charge >= 0.3 is 12.1 Å². The van der Waals surface area contributed by atoms with Crippen LogP contribution in [-0.4, -0.2) is 65.0 Å². The van der Waals surface area contributed by atoms with E-state index in [1.165, 1.54) is 7.11 Å². The molecule has 0 atom stereocenters. The molecule has 1 fully saturated rings. The van der Waals surface area contributed by atoms with Gasteiger partial charge in [0.2, 0.25) is 0 Å². The average Bonchev–Trinajstić information content (AvgIpc) is 2.76. The Morgan fingerprint density at radius 3 is 2.35 bits per heavy atom. The van der Waals surface area contributed by atoms with E-state index in [0.717, 1.165) is 5.69 Å². The van der Waals surface area contributed by atoms with Crippen molar-refractivity contribution in [3.63, 3.8) is 0 Å². The summed E-state index contributed by atoms with van der Waals surface area (Å²) in [6.45, 7) is 3.79. The molecule has 2 heterocycles. The highest BCUT2D eigenvalue weighted by atomic mass is 16.5. The maximum Gasteiger partial charge on any atom is 0.409 e. The van der Waals surface area contributed by atoms with Crippen LogP contribution in [0.5, 0.6) is 0 Å². The van der Waals surface area contributed by atoms with Crippen LogP contribution >= 0.6 is 0 Å². The summed E-state index contributed by atoms with van der Waals surface area (Å²) in [5.74, 6) is 0.655. The van der Waals surface area contributed by atoms with Crippen LogP contribution in [0.3, 0.4) is 0 Å². The molecular formula is C12H19N5O3. The van der Waals surface area contributed by atoms with Crippen LogP contribution in [0.2, 0.25) is 0 Å². The zero-order valence-electron chi connectivity index (χ0n) is 11.9. The molecule has 1 saturated heterocycles. The van der Waals surface area contributed by atoms with E-state index in [1.54, 1.807) is 21.5 Å². The number of aromatic nitrogens is 2. The number of carbonyl (C=O) groups is 2. The quantitative estimate of drug-likeness (QED) is 0.819. The number of hydrogen-bond acceptors (Lipinski definition) is 4. The highest BCUT2D eigenvalue weighted by molar-refractivity contribution is 5.88. The fourth-order valence-electron chi connectivity index (χ4n) is 2.14. The lowest BCUT2D eigenvalue weighted by molar-refractivity contribution is 0.0992. The standard InChI is InChI=1S/C12H19N5O3/c1-9-8-10(15(2)14-9)13-11(18)16-4-6-17(7-5-16)12(19)20-3/h8H,4-7H2,1-3H3,(H,13,18). The summed E-state index contributed by atoms with van der Waals surface area (Å²) in [6, 6.07) is 1.63. The van der Waals surface area contributed by atoms with Gasteiger partial charge in [0, 0.05) is 39.3 Å². The van der Waals surface area contributed by atoms with E-state index in [2.05, 4.69) is 15.2 Å². The minimum atomic E-state index is -0.354. The smallest absolute Gasteiger partial charge is 0.409 e. The number of methoxy groups -OCH3 is 1. The summed E-state index contributed by atoms with van der Waals surface area (Å²) in [5, 5.41) is 6.98. The van der Waals surface area contributed by atoms with Gasteiger partial charge in [-0.25, -0.2) is 9.59 Å². The Balaban J connectivity index is 1.89. The van der Waals surface area contributed by atoms with Crippen molar-refractivity contribution < 1.29 is 14.3 Å². The number of hydrogen-bond donors (Lipinski definition) is 1. The van der Waals surface area contributed by atoms with Gasteiger partial charge in [-0.05, 0) is 6.92 Å². The van der Waals surface area contributed by atoms with Gasteiger partial charge in [0.25, 0.3) is 0 Å². The van der Waals surface area contributed by atoms with E-state index in [1.807, 2.05) is 13.0 Å². The Morgan fingerprint density at radius 1 is 1.25 bits per heavy atom. The monoisotopic (exact) mass is 281 g/mol. The Bertz CT molecular complexity index is 505. The van der Waals surface area contributed by atoms with Crippen molar-refractivity contribution in [3.8, 4) is 0 Å². The number of nitrogens with zero attached hydrogens (tertiary/aromatic N) is 4. The number of carbonyl (C=O) groups excluding carboxylic acids is 2. The molecule has 0 aromatic carbocycles. The second kappa shape index (κ2) is 5.81. The summed E-state index contributed by atoms with van der Waals surface area (Å²) >= 11 is 0. The molecule has 3 amide bonds. The van der Waals surface area contributed by atoms with Crippen molar-refractivity contribution in [2.75, 3.05) is 38.6 Å². The van der Waals surface area contributed by atoms with Crippen molar-refractivity contribution in [1.82, 2.24) is 19.6 Å². The number of aryl methyl sites for hydroxylation is 2. The molecule has 20 heavy (non-hydrogen) atoms. The fraction of sp³-hybridized carbons (Fsp3) is 0.583. The van der Waals surface area contributed by atoms with E-state index in [-0.39, 0.29) is 12.1 Å². The molecule has 1 aromatic rings. The van der Waals surface area contributed by atoms with Gasteiger partial charge < -0.3 is 14.5 Å². The fourth-order valence-corrected chi connectivity index (χ4v) is 2.14. The van der Waals surface area contributed by atoms with Crippen LogP contribution in [0, 0.1) is 6.92 Å². The molecule has 1 N–H and O–H groups in total. The van der Waals surface area contributed by atoms with Gasteiger partial charge in [-0.1, -0.05) is 0 Å². The maximum atomic E-state index is 12.1. The van der Waals surface area contributed by atoms with Gasteiger partial charge in [-0.15, -0.1) is 0 Å². The normalized spacial score (nSPS) is 15.2. The number of urea groups is 1. The third-order valence-corrected chi connectivity index (χ3v) is 3.24. The van der Waals surface area contributed by atoms with E-state index in [9.17, 15) is 9.59 Å². The summed E-state index contributed by atoms with van der Waals surface area (Å²) in [7, 11) is 3.13. The lowest BCUT2D eigenvalue weighted by atomic mass is 10.3. The number of rotatable bonds is 1. The van der Waals surface area contributed by atoms with Gasteiger partial charge in [-0.3, -0.25) is 10.00 Å². The molecule has 0 unspecified atom stereocenters. The molecule has 0 aliphatic carbocycles. The van der Waals surface area contributed by atoms with Crippen LogP contribution in [0.25, 0.3) is 0 Å². The summed E-state index contributed by atoms with van der Waals surface area (Å²) in [4.78, 5) is 26.7. The lowest BCUT2D eigenvalue weighted by Gasteiger charge is -2.33. The van der Waals surface area contributed by atoms with Crippen molar-refractivity contribution >= 4 is 17.9 Å². The highest BCUT2D eigenvalue weighted by Crippen LogP contribution is 2.10. The second-order valence-corrected chi connectivity index (χ2v) is 4.67. The first-order valence-electron chi connectivity index (χ1n) is 6.40. The molecule has 1 aromatic heterocycles. The van der Waals surface area contributed by atoms with E-state index >= 15 is 0 Å². The zero-order valence-corrected chi connectivity index (χ0v) is 11.9. The Morgan fingerprint density at radius 2 is 1.85 bits per heavy atom. The van der Waals surface area contributed by atoms with Crippen molar-refractivity contribution in [2.45, 2.75) is 6.92 Å². The van der Waals surface area contributed by atoms with Crippen LogP contribution < -0.4 is 5.32 Å². The third kappa shape index (κ3) is 3.01. The minimum Gasteiger partial charge on any atom is -0.453 e. The number of nitrogens with one attached hydrogen (secondary N) is 1. The molecule has 2 rings (SSSR count). The first-order chi connectivity index (χ1) is 9.51. The lowest BCUT2D eigenvalue weighted by Crippen LogP contribution is -2.51. The van der Waals surface area contributed by atoms with Crippen LogP contribution in [0.15, 0.2) is 6.07 Å². The molecular weight excluding hydrogens is 262 g/mol. The van der Waals surface area contributed by atoms with Crippen molar-refractivity contribution in [2.24, 2.45) is 7.05 Å². The third-order valence-electron chi connectivity index (χ3n) is 3.24. The maximum absolute atomic E-state index is 12.1. The van der Waals surface area contributed by atoms with Crippen molar-refractivity contribution in [3.05, 3.63) is 11.8 Å². The number of piperazine rings is 1. The zero-order chi connectivity index (χ0) is 14.7. The first kappa shape index (κ1) is 14.2. The molecule has 8 heteroatoms. The van der Waals surface area contributed by atoms with E-state index in [4.69, 9.17) is 0 Å². The van der Waals surface area contributed by atoms with E-state index < -0.39 is 0 Å². The summed E-state index contributed by atoms with van der Waals surface area (Å²) in [6.07, 6.45) is -0.354. The topological polar surface area (TPSA) is 79.7 Å². The molecule has 0 spiro atoms. The first-order valence-corrected chi connectivity index (χ1v) is 6.40. The van der Waals surface area contributed by atoms with E-state index in [0.29, 0.717) is 32.0 Å². The SMILES string of the molecule is COC(=O)N1CCN(C(=O)Nc2cc(C)nn2C)CC1. The molecule has 110 valence electrons. The van der Waals surface area contributed by atoms with Gasteiger partial charge in [0.15, 0.2) is 0 Å². The predicted octanol–water partition coefficient (Wildman–Crippen LogP) is 0.644. The van der Waals surface area contributed by atoms with Gasteiger partial charge in [-0.2, -0.15) is 5.10 Å². The Kier molecular flexibility index (Phi) is 4.11.